The normalized spacial score (nSPS) is 14.3. The van der Waals surface area contributed by atoms with Gasteiger partial charge in [-0.15, -0.1) is 0 Å². The van der Waals surface area contributed by atoms with Gasteiger partial charge in [0, 0.05) is 5.75 Å². The quantitative estimate of drug-likeness (QED) is 0.108. The lowest BCUT2D eigenvalue weighted by Crippen LogP contribution is -2.31. The van der Waals surface area contributed by atoms with Gasteiger partial charge in [0.1, 0.15) is 18.2 Å². The van der Waals surface area contributed by atoms with Crippen LogP contribution in [0.2, 0.25) is 0 Å². The first-order valence-electron chi connectivity index (χ1n) is 9.52. The standard InChI is InChI=1S/C8H20O5P2S2.C4H10O4.C3H7NO2S/c1-5-9-14(16,10-6-2)13-15(17,11-7-3)12-8-4;5-1-3(7)4(8)2-6;4-2(1-7)3(5)6/h5-8H2,1-4H3;3-8H,1-2H2;2,7H,1,4H2,(H,5,6)/t;3-,4-;/m.1./s1. The van der Waals surface area contributed by atoms with Crippen LogP contribution in [0.1, 0.15) is 27.7 Å². The van der Waals surface area contributed by atoms with Crippen molar-refractivity contribution in [3.05, 3.63) is 0 Å². The second kappa shape index (κ2) is 22.2. The van der Waals surface area contributed by atoms with Gasteiger partial charge in [0.25, 0.3) is 0 Å². The van der Waals surface area contributed by atoms with Crippen molar-refractivity contribution in [1.29, 1.82) is 0 Å². The summed E-state index contributed by atoms with van der Waals surface area (Å²) in [6.45, 7) is 2.03. The molecule has 0 radical (unpaired) electrons. The third-order valence-corrected chi connectivity index (χ3v) is 9.44. The van der Waals surface area contributed by atoms with E-state index in [-0.39, 0.29) is 5.75 Å². The Labute approximate surface area is 205 Å². The molecule has 0 aromatic carbocycles. The molecule has 3 atom stereocenters. The van der Waals surface area contributed by atoms with Crippen LogP contribution >= 0.6 is 26.1 Å². The Hall–Kier alpha value is 0.720. The van der Waals surface area contributed by atoms with Crippen LogP contribution in [0.15, 0.2) is 0 Å². The van der Waals surface area contributed by atoms with Crippen molar-refractivity contribution < 1.29 is 52.7 Å². The van der Waals surface area contributed by atoms with Crippen LogP contribution in [0.5, 0.6) is 0 Å². The van der Waals surface area contributed by atoms with Gasteiger partial charge in [-0.25, -0.2) is 4.31 Å². The number of carboxylic acids is 1. The number of aliphatic carboxylic acids is 1. The fourth-order valence-electron chi connectivity index (χ4n) is 1.25. The first-order chi connectivity index (χ1) is 14.8. The van der Waals surface area contributed by atoms with E-state index in [1.807, 2.05) is 27.7 Å². The Morgan fingerprint density at radius 2 is 1.16 bits per heavy atom. The molecule has 0 aromatic heterocycles. The minimum Gasteiger partial charge on any atom is -0.480 e. The smallest absolute Gasteiger partial charge is 0.334 e. The third kappa shape index (κ3) is 20.1. The number of rotatable bonds is 15. The van der Waals surface area contributed by atoms with E-state index in [4.69, 9.17) is 77.3 Å². The van der Waals surface area contributed by atoms with E-state index in [9.17, 15) is 4.79 Å². The van der Waals surface area contributed by atoms with Crippen LogP contribution in [0.3, 0.4) is 0 Å². The fraction of sp³-hybridized carbons (Fsp3) is 0.933. The zero-order valence-electron chi connectivity index (χ0n) is 18.6. The average molecular weight is 566 g/mol. The topological polar surface area (TPSA) is 190 Å². The molecule has 0 spiro atoms. The number of thiol groups is 1. The molecule has 32 heavy (non-hydrogen) atoms. The largest absolute Gasteiger partial charge is 0.480 e. The molecule has 0 aliphatic rings. The molecule has 7 N–H and O–H groups in total. The Kier molecular flexibility index (Phi) is 25.9. The highest BCUT2D eigenvalue weighted by Crippen LogP contribution is 2.66. The minimum absolute atomic E-state index is 0.190. The van der Waals surface area contributed by atoms with Gasteiger partial charge in [-0.2, -0.15) is 12.6 Å². The molecule has 0 aliphatic carbocycles. The molecule has 0 saturated heterocycles. The maximum Gasteiger partial charge on any atom is 0.334 e. The molecule has 0 aromatic rings. The summed E-state index contributed by atoms with van der Waals surface area (Å²) >= 11 is 14.1. The number of hydrogen-bond donors (Lipinski definition) is 7. The molecule has 0 aliphatic heterocycles. The van der Waals surface area contributed by atoms with Crippen molar-refractivity contribution in [1.82, 2.24) is 0 Å². The first kappa shape index (κ1) is 37.3. The molecule has 17 heteroatoms. The van der Waals surface area contributed by atoms with Crippen LogP contribution in [0, 0.1) is 0 Å². The lowest BCUT2D eigenvalue weighted by Gasteiger charge is -2.27. The fourth-order valence-corrected chi connectivity index (χ4v) is 7.77. The molecule has 12 nitrogen and oxygen atoms in total. The predicted molar refractivity (Wildman–Crippen MR) is 132 cm³/mol. The summed E-state index contributed by atoms with van der Waals surface area (Å²) in [6.07, 6.45) is -2.44. The zero-order valence-corrected chi connectivity index (χ0v) is 22.9. The lowest BCUT2D eigenvalue weighted by molar-refractivity contribution is -0.137. The summed E-state index contributed by atoms with van der Waals surface area (Å²) < 4.78 is 26.9. The van der Waals surface area contributed by atoms with Crippen molar-refractivity contribution in [2.24, 2.45) is 5.73 Å². The lowest BCUT2D eigenvalue weighted by atomic mass is 10.2. The van der Waals surface area contributed by atoms with Crippen molar-refractivity contribution in [3.8, 4) is 0 Å². The highest BCUT2D eigenvalue weighted by Gasteiger charge is 2.32. The van der Waals surface area contributed by atoms with Gasteiger partial charge >= 0.3 is 19.4 Å². The second-order valence-electron chi connectivity index (χ2n) is 5.27. The van der Waals surface area contributed by atoms with Crippen LogP contribution in [0.25, 0.3) is 0 Å². The van der Waals surface area contributed by atoms with Gasteiger partial charge in [-0.3, -0.25) is 4.79 Å². The van der Waals surface area contributed by atoms with Gasteiger partial charge in [0.2, 0.25) is 0 Å². The maximum atomic E-state index is 9.76. The highest BCUT2D eigenvalue weighted by molar-refractivity contribution is 8.14. The summed E-state index contributed by atoms with van der Waals surface area (Å²) in [4.78, 5) is 9.76. The maximum absolute atomic E-state index is 9.76. The summed E-state index contributed by atoms with van der Waals surface area (Å²) in [5.41, 5.74) is 4.94. The van der Waals surface area contributed by atoms with Crippen molar-refractivity contribution in [3.63, 3.8) is 0 Å². The van der Waals surface area contributed by atoms with E-state index < -0.39 is 50.9 Å². The van der Waals surface area contributed by atoms with Crippen molar-refractivity contribution in [2.75, 3.05) is 45.4 Å². The minimum atomic E-state index is -2.87. The number of hydrogen-bond acceptors (Lipinski definition) is 14. The van der Waals surface area contributed by atoms with E-state index in [1.165, 1.54) is 0 Å². The Morgan fingerprint density at radius 1 is 0.875 bits per heavy atom. The molecule has 0 fully saturated rings. The molecule has 0 bridgehead atoms. The molecular weight excluding hydrogens is 528 g/mol. The zero-order chi connectivity index (χ0) is 25.8. The Bertz CT molecular complexity index is 507. The van der Waals surface area contributed by atoms with Gasteiger partial charge in [0.15, 0.2) is 0 Å². The number of aliphatic hydroxyl groups excluding tert-OH is 4. The van der Waals surface area contributed by atoms with E-state index in [0.29, 0.717) is 26.4 Å². The van der Waals surface area contributed by atoms with Gasteiger partial charge in [-0.1, -0.05) is 0 Å². The molecule has 1 unspecified atom stereocenters. The second-order valence-corrected chi connectivity index (χ2v) is 11.8. The SMILES string of the molecule is CCOP(=S)(OCC)OP(=S)(OCC)OCC.NC(CS)C(=O)O.OC[C@@H](O)[C@H](O)CO. The van der Waals surface area contributed by atoms with Crippen LogP contribution in [-0.4, -0.2) is 95.1 Å². The molecule has 0 amide bonds. The van der Waals surface area contributed by atoms with E-state index in [1.54, 1.807) is 0 Å². The van der Waals surface area contributed by atoms with Crippen LogP contribution < -0.4 is 5.73 Å². The summed E-state index contributed by atoms with van der Waals surface area (Å²) in [6, 6.07) is -0.816. The van der Waals surface area contributed by atoms with Crippen molar-refractivity contribution >= 4 is 55.6 Å². The molecular formula is C15H37NO11P2S3. The van der Waals surface area contributed by atoms with Gasteiger partial charge in [0.05, 0.1) is 39.6 Å². The number of carboxylic acid groups (broad SMARTS) is 1. The predicted octanol–water partition coefficient (Wildman–Crippen LogP) is 0.619. The summed E-state index contributed by atoms with van der Waals surface area (Å²) in [5.74, 6) is -0.815. The molecule has 0 heterocycles. The monoisotopic (exact) mass is 565 g/mol. The van der Waals surface area contributed by atoms with Gasteiger partial charge in [-0.05, 0) is 51.3 Å². The number of carbonyl (C=O) groups is 1. The Morgan fingerprint density at radius 3 is 1.28 bits per heavy atom. The Balaban J connectivity index is -0.000000464. The van der Waals surface area contributed by atoms with Crippen LogP contribution in [-0.2, 0) is 50.8 Å². The summed E-state index contributed by atoms with van der Waals surface area (Å²) in [5, 5.41) is 41.2. The van der Waals surface area contributed by atoms with Gasteiger partial charge < -0.3 is 49.4 Å². The van der Waals surface area contributed by atoms with Crippen LogP contribution in [0.4, 0.5) is 0 Å². The van der Waals surface area contributed by atoms with Crippen molar-refractivity contribution in [2.45, 2.75) is 45.9 Å². The van der Waals surface area contributed by atoms with E-state index in [0.717, 1.165) is 0 Å². The number of nitrogens with two attached hydrogens (primary N) is 1. The molecule has 0 rings (SSSR count). The highest BCUT2D eigenvalue weighted by atomic mass is 32.5. The third-order valence-electron chi connectivity index (χ3n) is 2.68. The molecule has 196 valence electrons. The first-order valence-corrected chi connectivity index (χ1v) is 15.3. The van der Waals surface area contributed by atoms with E-state index in [2.05, 4.69) is 12.6 Å². The van der Waals surface area contributed by atoms with E-state index >= 15 is 0 Å². The average Bonchev–Trinajstić information content (AvgIpc) is 2.72. The molecule has 0 saturated carbocycles. The number of aliphatic hydroxyl groups is 4. The summed E-state index contributed by atoms with van der Waals surface area (Å²) in [7, 11) is 0.